The van der Waals surface area contributed by atoms with Crippen LogP contribution in [0.3, 0.4) is 0 Å². The zero-order valence-corrected chi connectivity index (χ0v) is 12.8. The van der Waals surface area contributed by atoms with Gasteiger partial charge in [0.25, 0.3) is 0 Å². The first kappa shape index (κ1) is 16.2. The van der Waals surface area contributed by atoms with Gasteiger partial charge in [0.15, 0.2) is 0 Å². The standard InChI is InChI=1S/C18H14F4N2/c1-12-9-17(24(23-12)16-7-5-15(19)6-8-16)14-4-2-3-13(10-14)11-18(20,21)22/h2-10H,11H2,1H3. The number of aromatic nitrogens is 2. The minimum absolute atomic E-state index is 0.185. The highest BCUT2D eigenvalue weighted by Gasteiger charge is 2.27. The predicted molar refractivity (Wildman–Crippen MR) is 83.5 cm³/mol. The quantitative estimate of drug-likeness (QED) is 0.610. The molecular formula is C18H14F4N2. The van der Waals surface area contributed by atoms with Gasteiger partial charge < -0.3 is 0 Å². The van der Waals surface area contributed by atoms with Gasteiger partial charge in [-0.2, -0.15) is 18.3 Å². The van der Waals surface area contributed by atoms with Crippen molar-refractivity contribution < 1.29 is 17.6 Å². The third kappa shape index (κ3) is 3.64. The average Bonchev–Trinajstić information content (AvgIpc) is 2.88. The average molecular weight is 334 g/mol. The number of aryl methyl sites for hydroxylation is 1. The lowest BCUT2D eigenvalue weighted by molar-refractivity contribution is -0.127. The molecule has 0 saturated carbocycles. The van der Waals surface area contributed by atoms with Crippen molar-refractivity contribution in [3.63, 3.8) is 0 Å². The van der Waals surface area contributed by atoms with Crippen molar-refractivity contribution in [2.24, 2.45) is 0 Å². The highest BCUT2D eigenvalue weighted by atomic mass is 19.4. The van der Waals surface area contributed by atoms with Crippen molar-refractivity contribution in [1.82, 2.24) is 9.78 Å². The van der Waals surface area contributed by atoms with Crippen molar-refractivity contribution in [1.29, 1.82) is 0 Å². The summed E-state index contributed by atoms with van der Waals surface area (Å²) >= 11 is 0. The molecule has 124 valence electrons. The van der Waals surface area contributed by atoms with Crippen LogP contribution in [0.4, 0.5) is 17.6 Å². The number of hydrogen-bond acceptors (Lipinski definition) is 1. The van der Waals surface area contributed by atoms with Gasteiger partial charge in [-0.3, -0.25) is 0 Å². The van der Waals surface area contributed by atoms with Crippen LogP contribution in [0.25, 0.3) is 16.9 Å². The molecule has 1 aromatic heterocycles. The third-order valence-electron chi connectivity index (χ3n) is 3.53. The Kier molecular flexibility index (Phi) is 4.13. The van der Waals surface area contributed by atoms with E-state index in [1.165, 1.54) is 24.3 Å². The first-order valence-corrected chi connectivity index (χ1v) is 7.30. The summed E-state index contributed by atoms with van der Waals surface area (Å²) in [5, 5.41) is 4.36. The van der Waals surface area contributed by atoms with E-state index >= 15 is 0 Å². The van der Waals surface area contributed by atoms with Gasteiger partial charge in [0.1, 0.15) is 5.82 Å². The second-order valence-corrected chi connectivity index (χ2v) is 5.55. The number of rotatable bonds is 3. The summed E-state index contributed by atoms with van der Waals surface area (Å²) in [5.74, 6) is -0.364. The summed E-state index contributed by atoms with van der Waals surface area (Å²) in [4.78, 5) is 0. The Morgan fingerprint density at radius 3 is 2.38 bits per heavy atom. The second-order valence-electron chi connectivity index (χ2n) is 5.55. The molecule has 3 aromatic rings. The number of halogens is 4. The highest BCUT2D eigenvalue weighted by molar-refractivity contribution is 5.63. The Hall–Kier alpha value is -2.63. The fraction of sp³-hybridized carbons (Fsp3) is 0.167. The first-order valence-electron chi connectivity index (χ1n) is 7.30. The van der Waals surface area contributed by atoms with Crippen LogP contribution in [0.1, 0.15) is 11.3 Å². The lowest BCUT2D eigenvalue weighted by atomic mass is 10.1. The van der Waals surface area contributed by atoms with E-state index in [4.69, 9.17) is 0 Å². The van der Waals surface area contributed by atoms with Crippen molar-refractivity contribution in [3.05, 3.63) is 71.7 Å². The second kappa shape index (κ2) is 6.11. The molecule has 0 saturated heterocycles. The SMILES string of the molecule is Cc1cc(-c2cccc(CC(F)(F)F)c2)n(-c2ccc(F)cc2)n1. The fourth-order valence-electron chi connectivity index (χ4n) is 2.56. The molecule has 0 fully saturated rings. The number of benzene rings is 2. The normalized spacial score (nSPS) is 11.7. The fourth-order valence-corrected chi connectivity index (χ4v) is 2.56. The smallest absolute Gasteiger partial charge is 0.233 e. The Bertz CT molecular complexity index is 848. The molecule has 0 bridgehead atoms. The van der Waals surface area contributed by atoms with Gasteiger partial charge in [0, 0.05) is 5.56 Å². The van der Waals surface area contributed by atoms with Gasteiger partial charge in [-0.15, -0.1) is 0 Å². The zero-order valence-electron chi connectivity index (χ0n) is 12.8. The van der Waals surface area contributed by atoms with Crippen LogP contribution >= 0.6 is 0 Å². The van der Waals surface area contributed by atoms with E-state index in [-0.39, 0.29) is 11.4 Å². The van der Waals surface area contributed by atoms with Gasteiger partial charge in [0.05, 0.1) is 23.5 Å². The molecule has 2 nitrogen and oxygen atoms in total. The molecule has 0 atom stereocenters. The first-order chi connectivity index (χ1) is 11.3. The van der Waals surface area contributed by atoms with Crippen molar-refractivity contribution in [3.8, 4) is 16.9 Å². The van der Waals surface area contributed by atoms with Crippen molar-refractivity contribution in [2.45, 2.75) is 19.5 Å². The molecule has 2 aromatic carbocycles. The van der Waals surface area contributed by atoms with E-state index in [2.05, 4.69) is 5.10 Å². The van der Waals surface area contributed by atoms with Gasteiger partial charge in [-0.05, 0) is 48.9 Å². The van der Waals surface area contributed by atoms with Gasteiger partial charge >= 0.3 is 6.18 Å². The predicted octanol–water partition coefficient (Wildman–Crippen LogP) is 5.09. The van der Waals surface area contributed by atoms with E-state index in [0.717, 1.165) is 5.69 Å². The van der Waals surface area contributed by atoms with Crippen molar-refractivity contribution in [2.75, 3.05) is 0 Å². The van der Waals surface area contributed by atoms with Crippen LogP contribution in [-0.2, 0) is 6.42 Å². The molecule has 0 radical (unpaired) electrons. The molecule has 3 rings (SSSR count). The molecule has 0 N–H and O–H groups in total. The van der Waals surface area contributed by atoms with Gasteiger partial charge in [-0.25, -0.2) is 9.07 Å². The molecule has 0 unspecified atom stereocenters. The highest BCUT2D eigenvalue weighted by Crippen LogP contribution is 2.27. The molecule has 0 spiro atoms. The minimum atomic E-state index is -4.26. The summed E-state index contributed by atoms with van der Waals surface area (Å²) in [6, 6.07) is 13.8. The topological polar surface area (TPSA) is 17.8 Å². The van der Waals surface area contributed by atoms with Crippen LogP contribution in [0.15, 0.2) is 54.6 Å². The summed E-state index contributed by atoms with van der Waals surface area (Å²) in [5.41, 5.74) is 2.82. The van der Waals surface area contributed by atoms with E-state index < -0.39 is 12.6 Å². The Balaban J connectivity index is 2.04. The zero-order chi connectivity index (χ0) is 17.3. The lowest BCUT2D eigenvalue weighted by Crippen LogP contribution is -2.11. The summed E-state index contributed by atoms with van der Waals surface area (Å²) in [7, 11) is 0. The maximum Gasteiger partial charge on any atom is 0.393 e. The largest absolute Gasteiger partial charge is 0.393 e. The molecule has 6 heteroatoms. The number of alkyl halides is 3. The van der Waals surface area contributed by atoms with Crippen LogP contribution in [-0.4, -0.2) is 16.0 Å². The Morgan fingerprint density at radius 1 is 1.00 bits per heavy atom. The van der Waals surface area contributed by atoms with E-state index in [9.17, 15) is 17.6 Å². The van der Waals surface area contributed by atoms with Gasteiger partial charge in [-0.1, -0.05) is 18.2 Å². The van der Waals surface area contributed by atoms with Crippen LogP contribution in [0.5, 0.6) is 0 Å². The van der Waals surface area contributed by atoms with Gasteiger partial charge in [0.2, 0.25) is 0 Å². The minimum Gasteiger partial charge on any atom is -0.233 e. The molecule has 1 heterocycles. The summed E-state index contributed by atoms with van der Waals surface area (Å²) in [6.07, 6.45) is -5.24. The Morgan fingerprint density at radius 2 is 1.71 bits per heavy atom. The monoisotopic (exact) mass is 334 g/mol. The Labute approximate surface area is 136 Å². The van der Waals surface area contributed by atoms with Crippen LogP contribution in [0.2, 0.25) is 0 Å². The molecular weight excluding hydrogens is 320 g/mol. The molecule has 0 aliphatic heterocycles. The molecule has 0 aliphatic carbocycles. The maximum absolute atomic E-state index is 13.1. The van der Waals surface area contributed by atoms with Crippen LogP contribution < -0.4 is 0 Å². The molecule has 24 heavy (non-hydrogen) atoms. The van der Waals surface area contributed by atoms with E-state index in [0.29, 0.717) is 16.9 Å². The number of nitrogens with zero attached hydrogens (tertiary/aromatic N) is 2. The summed E-state index contributed by atoms with van der Waals surface area (Å²) in [6.45, 7) is 1.79. The maximum atomic E-state index is 13.1. The van der Waals surface area contributed by atoms with Crippen LogP contribution in [0, 0.1) is 12.7 Å². The lowest BCUT2D eigenvalue weighted by Gasteiger charge is -2.10. The van der Waals surface area contributed by atoms with Crippen molar-refractivity contribution >= 4 is 0 Å². The van der Waals surface area contributed by atoms with E-state index in [1.54, 1.807) is 41.9 Å². The molecule has 0 aliphatic rings. The number of hydrogen-bond donors (Lipinski definition) is 0. The molecule has 0 amide bonds. The summed E-state index contributed by atoms with van der Waals surface area (Å²) < 4.78 is 52.5. The third-order valence-corrected chi connectivity index (χ3v) is 3.53. The van der Waals surface area contributed by atoms with E-state index in [1.807, 2.05) is 0 Å².